The fourth-order valence-electron chi connectivity index (χ4n) is 2.96. The topological polar surface area (TPSA) is 56.7 Å². The van der Waals surface area contributed by atoms with Gasteiger partial charge in [-0.25, -0.2) is 4.99 Å². The molecular formula is C21H28F3IN4O. The molecule has 1 aromatic rings. The van der Waals surface area contributed by atoms with Crippen molar-refractivity contribution in [2.45, 2.75) is 39.4 Å². The highest BCUT2D eigenvalue weighted by Crippen LogP contribution is 2.28. The maximum Gasteiger partial charge on any atom is 0.416 e. The molecule has 1 heterocycles. The van der Waals surface area contributed by atoms with E-state index in [1.807, 2.05) is 25.7 Å². The van der Waals surface area contributed by atoms with E-state index in [1.165, 1.54) is 12.1 Å². The quantitative estimate of drug-likeness (QED) is 0.268. The van der Waals surface area contributed by atoms with Crippen molar-refractivity contribution in [3.63, 3.8) is 0 Å². The summed E-state index contributed by atoms with van der Waals surface area (Å²) in [6.07, 6.45) is -3.50. The number of likely N-dealkylation sites (tertiary alicyclic amines) is 1. The second-order valence-electron chi connectivity index (χ2n) is 7.14. The van der Waals surface area contributed by atoms with Crippen LogP contribution in [-0.4, -0.2) is 49.0 Å². The Morgan fingerprint density at radius 3 is 2.53 bits per heavy atom. The first-order valence-electron chi connectivity index (χ1n) is 9.70. The number of aliphatic imine (C=N–C) groups is 1. The van der Waals surface area contributed by atoms with Gasteiger partial charge >= 0.3 is 6.18 Å². The molecule has 0 spiro atoms. The van der Waals surface area contributed by atoms with Crippen molar-refractivity contribution in [1.82, 2.24) is 15.5 Å². The highest BCUT2D eigenvalue weighted by Gasteiger charge is 2.30. The summed E-state index contributed by atoms with van der Waals surface area (Å²) in [5.41, 5.74) is -0.189. The van der Waals surface area contributed by atoms with Crippen LogP contribution in [0.15, 0.2) is 29.3 Å². The fourth-order valence-corrected chi connectivity index (χ4v) is 2.96. The number of amides is 1. The van der Waals surface area contributed by atoms with Crippen LogP contribution >= 0.6 is 24.0 Å². The van der Waals surface area contributed by atoms with Gasteiger partial charge in [0.05, 0.1) is 5.56 Å². The molecule has 0 saturated carbocycles. The number of nitrogens with zero attached hydrogens (tertiary/aromatic N) is 2. The Labute approximate surface area is 192 Å². The van der Waals surface area contributed by atoms with Crippen LogP contribution in [0.4, 0.5) is 13.2 Å². The minimum atomic E-state index is -4.35. The van der Waals surface area contributed by atoms with Gasteiger partial charge in [0.2, 0.25) is 5.91 Å². The van der Waals surface area contributed by atoms with Crippen molar-refractivity contribution in [3.05, 3.63) is 35.4 Å². The highest BCUT2D eigenvalue weighted by molar-refractivity contribution is 14.0. The Morgan fingerprint density at radius 1 is 1.30 bits per heavy atom. The van der Waals surface area contributed by atoms with E-state index in [0.717, 1.165) is 25.1 Å². The van der Waals surface area contributed by atoms with Crippen LogP contribution in [0.25, 0.3) is 0 Å². The Kier molecular flexibility index (Phi) is 10.5. The van der Waals surface area contributed by atoms with Gasteiger partial charge < -0.3 is 15.5 Å². The third-order valence-corrected chi connectivity index (χ3v) is 4.44. The first-order valence-corrected chi connectivity index (χ1v) is 9.70. The van der Waals surface area contributed by atoms with E-state index in [9.17, 15) is 18.0 Å². The Balaban J connectivity index is 0.00000450. The summed E-state index contributed by atoms with van der Waals surface area (Å²) < 4.78 is 37.7. The van der Waals surface area contributed by atoms with Crippen molar-refractivity contribution in [2.24, 2.45) is 10.9 Å². The second kappa shape index (κ2) is 12.0. The van der Waals surface area contributed by atoms with E-state index in [-0.39, 0.29) is 48.4 Å². The standard InChI is InChI=1S/C21H27F3N4O.HI/c1-4-25-20(27-18-11-13-28(14-18)19(29)15(2)3)26-12-5-6-16-7-9-17(10-8-16)21(22,23)24;/h7-10,15,18H,4,11-14H2,1-3H3,(H2,25,26,27);1H. The van der Waals surface area contributed by atoms with Gasteiger partial charge in [0.1, 0.15) is 6.54 Å². The summed E-state index contributed by atoms with van der Waals surface area (Å²) >= 11 is 0. The third-order valence-electron chi connectivity index (χ3n) is 4.44. The van der Waals surface area contributed by atoms with Gasteiger partial charge in [0.15, 0.2) is 5.96 Å². The lowest BCUT2D eigenvalue weighted by Gasteiger charge is -2.20. The number of alkyl halides is 3. The molecule has 2 rings (SSSR count). The van der Waals surface area contributed by atoms with E-state index in [4.69, 9.17) is 0 Å². The first kappa shape index (κ1) is 26.1. The van der Waals surface area contributed by atoms with Gasteiger partial charge in [0, 0.05) is 37.2 Å². The van der Waals surface area contributed by atoms with Crippen molar-refractivity contribution >= 4 is 35.8 Å². The second-order valence-corrected chi connectivity index (χ2v) is 7.14. The van der Waals surface area contributed by atoms with Crippen LogP contribution < -0.4 is 10.6 Å². The number of carbonyl (C=O) groups is 1. The molecule has 1 unspecified atom stereocenters. The summed E-state index contributed by atoms with van der Waals surface area (Å²) in [4.78, 5) is 18.3. The SMILES string of the molecule is CCNC(=NCC#Cc1ccc(C(F)(F)F)cc1)NC1CCN(C(=O)C(C)C)C1.I. The molecule has 0 aromatic heterocycles. The lowest BCUT2D eigenvalue weighted by atomic mass is 10.1. The van der Waals surface area contributed by atoms with E-state index >= 15 is 0 Å². The third kappa shape index (κ3) is 8.05. The van der Waals surface area contributed by atoms with Crippen molar-refractivity contribution in [3.8, 4) is 11.8 Å². The van der Waals surface area contributed by atoms with Crippen LogP contribution in [-0.2, 0) is 11.0 Å². The van der Waals surface area contributed by atoms with E-state index in [2.05, 4.69) is 27.5 Å². The molecule has 1 saturated heterocycles. The number of benzene rings is 1. The Morgan fingerprint density at radius 2 is 1.97 bits per heavy atom. The largest absolute Gasteiger partial charge is 0.416 e. The molecule has 0 aliphatic carbocycles. The molecule has 1 aliphatic heterocycles. The molecule has 1 atom stereocenters. The van der Waals surface area contributed by atoms with E-state index in [1.54, 1.807) is 0 Å². The van der Waals surface area contributed by atoms with Crippen LogP contribution in [0.2, 0.25) is 0 Å². The van der Waals surface area contributed by atoms with E-state index < -0.39 is 11.7 Å². The molecule has 1 fully saturated rings. The molecule has 0 radical (unpaired) electrons. The predicted molar refractivity (Wildman–Crippen MR) is 123 cm³/mol. The summed E-state index contributed by atoms with van der Waals surface area (Å²) in [6.45, 7) is 7.99. The van der Waals surface area contributed by atoms with Gasteiger partial charge in [-0.2, -0.15) is 13.2 Å². The minimum Gasteiger partial charge on any atom is -0.357 e. The Bertz CT molecular complexity index is 782. The summed E-state index contributed by atoms with van der Waals surface area (Å²) in [7, 11) is 0. The Hall–Kier alpha value is -1.96. The number of hydrogen-bond acceptors (Lipinski definition) is 2. The predicted octanol–water partition coefficient (Wildman–Crippen LogP) is 3.49. The number of nitrogens with one attached hydrogen (secondary N) is 2. The molecule has 1 aromatic carbocycles. The average molecular weight is 536 g/mol. The van der Waals surface area contributed by atoms with Gasteiger partial charge in [0.25, 0.3) is 0 Å². The molecular weight excluding hydrogens is 508 g/mol. The number of carbonyl (C=O) groups excluding carboxylic acids is 1. The normalized spacial score (nSPS) is 16.6. The first-order chi connectivity index (χ1) is 13.7. The molecule has 0 bridgehead atoms. The zero-order chi connectivity index (χ0) is 21.4. The lowest BCUT2D eigenvalue weighted by molar-refractivity contribution is -0.137. The van der Waals surface area contributed by atoms with Gasteiger partial charge in [-0.15, -0.1) is 24.0 Å². The van der Waals surface area contributed by atoms with Crippen LogP contribution in [0, 0.1) is 17.8 Å². The van der Waals surface area contributed by atoms with Crippen molar-refractivity contribution in [1.29, 1.82) is 0 Å². The van der Waals surface area contributed by atoms with Crippen LogP contribution in [0.3, 0.4) is 0 Å². The maximum absolute atomic E-state index is 12.6. The van der Waals surface area contributed by atoms with Gasteiger partial charge in [-0.05, 0) is 37.6 Å². The van der Waals surface area contributed by atoms with Gasteiger partial charge in [-0.3, -0.25) is 4.79 Å². The summed E-state index contributed by atoms with van der Waals surface area (Å²) in [5.74, 6) is 6.41. The summed E-state index contributed by atoms with van der Waals surface area (Å²) in [5, 5.41) is 6.46. The fraction of sp³-hybridized carbons (Fsp3) is 0.524. The minimum absolute atomic E-state index is 0. The summed E-state index contributed by atoms with van der Waals surface area (Å²) in [6, 6.07) is 4.86. The molecule has 30 heavy (non-hydrogen) atoms. The highest BCUT2D eigenvalue weighted by atomic mass is 127. The number of hydrogen-bond donors (Lipinski definition) is 2. The smallest absolute Gasteiger partial charge is 0.357 e. The molecule has 1 amide bonds. The maximum atomic E-state index is 12.6. The van der Waals surface area contributed by atoms with Crippen molar-refractivity contribution in [2.75, 3.05) is 26.2 Å². The number of halogens is 4. The molecule has 2 N–H and O–H groups in total. The zero-order valence-electron chi connectivity index (χ0n) is 17.3. The molecule has 9 heteroatoms. The lowest BCUT2D eigenvalue weighted by Crippen LogP contribution is -2.45. The molecule has 1 aliphatic rings. The number of guanidine groups is 1. The monoisotopic (exact) mass is 536 g/mol. The number of rotatable bonds is 4. The van der Waals surface area contributed by atoms with Gasteiger partial charge in [-0.1, -0.05) is 25.7 Å². The zero-order valence-corrected chi connectivity index (χ0v) is 19.7. The molecule has 166 valence electrons. The molecule has 5 nitrogen and oxygen atoms in total. The average Bonchev–Trinajstić information content (AvgIpc) is 3.12. The van der Waals surface area contributed by atoms with Crippen LogP contribution in [0.5, 0.6) is 0 Å². The van der Waals surface area contributed by atoms with Crippen molar-refractivity contribution < 1.29 is 18.0 Å². The van der Waals surface area contributed by atoms with E-state index in [0.29, 0.717) is 24.6 Å². The van der Waals surface area contributed by atoms with Crippen LogP contribution in [0.1, 0.15) is 38.3 Å².